The summed E-state index contributed by atoms with van der Waals surface area (Å²) in [5.74, 6) is 0.664. The first-order valence-corrected chi connectivity index (χ1v) is 7.71. The minimum absolute atomic E-state index is 0.283. The molecule has 4 heteroatoms. The van der Waals surface area contributed by atoms with Crippen molar-refractivity contribution in [2.45, 2.75) is 52.1 Å². The smallest absolute Gasteiger partial charge is 0.226 e. The fourth-order valence-electron chi connectivity index (χ4n) is 2.98. The van der Waals surface area contributed by atoms with Crippen molar-refractivity contribution in [1.82, 2.24) is 4.90 Å². The first-order chi connectivity index (χ1) is 9.10. The molecule has 0 aromatic rings. The summed E-state index contributed by atoms with van der Waals surface area (Å²) in [7, 11) is 0. The molecule has 0 spiro atoms. The first-order valence-electron chi connectivity index (χ1n) is 7.71. The van der Waals surface area contributed by atoms with Crippen LogP contribution < -0.4 is 5.73 Å². The first kappa shape index (κ1) is 14.8. The average Bonchev–Trinajstić information content (AvgIpc) is 3.12. The molecule has 2 rings (SSSR count). The number of amides is 1. The number of carbonyl (C=O) groups excluding carboxylic acids is 1. The largest absolute Gasteiger partial charge is 0.378 e. The molecule has 2 N–H and O–H groups in total. The third-order valence-corrected chi connectivity index (χ3v) is 4.91. The molecule has 1 aliphatic heterocycles. The fourth-order valence-corrected chi connectivity index (χ4v) is 2.98. The number of nitrogens with zero attached hydrogens (tertiary/aromatic N) is 1. The topological polar surface area (TPSA) is 55.6 Å². The van der Waals surface area contributed by atoms with Gasteiger partial charge in [0, 0.05) is 25.6 Å². The second kappa shape index (κ2) is 6.23. The zero-order valence-electron chi connectivity index (χ0n) is 12.4. The zero-order valence-corrected chi connectivity index (χ0v) is 12.4. The Morgan fingerprint density at radius 1 is 1.42 bits per heavy atom. The number of likely N-dealkylation sites (tertiary alicyclic amines) is 1. The summed E-state index contributed by atoms with van der Waals surface area (Å²) in [6.07, 6.45) is 5.40. The van der Waals surface area contributed by atoms with Gasteiger partial charge in [0.25, 0.3) is 0 Å². The Morgan fingerprint density at radius 2 is 2.11 bits per heavy atom. The minimum Gasteiger partial charge on any atom is -0.378 e. The molecule has 2 aliphatic rings. The Labute approximate surface area is 116 Å². The summed E-state index contributed by atoms with van der Waals surface area (Å²) in [5.41, 5.74) is 5.74. The van der Waals surface area contributed by atoms with Gasteiger partial charge in [0.05, 0.1) is 6.10 Å². The van der Waals surface area contributed by atoms with Crippen LogP contribution in [0.5, 0.6) is 0 Å². The molecule has 2 fully saturated rings. The van der Waals surface area contributed by atoms with Gasteiger partial charge in [-0.15, -0.1) is 0 Å². The SMILES string of the molecule is CC[C@@]1(C)C[C@H]1C(=O)N1CCC(OCCCN)CC1. The van der Waals surface area contributed by atoms with Crippen LogP contribution in [0.3, 0.4) is 0 Å². The van der Waals surface area contributed by atoms with Crippen LogP contribution in [0.2, 0.25) is 0 Å². The molecule has 0 unspecified atom stereocenters. The van der Waals surface area contributed by atoms with Crippen LogP contribution in [-0.2, 0) is 9.53 Å². The van der Waals surface area contributed by atoms with E-state index in [0.29, 0.717) is 18.6 Å². The number of nitrogens with two attached hydrogens (primary N) is 1. The van der Waals surface area contributed by atoms with E-state index in [1.165, 1.54) is 0 Å². The van der Waals surface area contributed by atoms with Crippen molar-refractivity contribution in [3.8, 4) is 0 Å². The quantitative estimate of drug-likeness (QED) is 0.747. The van der Waals surface area contributed by atoms with Gasteiger partial charge >= 0.3 is 0 Å². The Morgan fingerprint density at radius 3 is 2.63 bits per heavy atom. The van der Waals surface area contributed by atoms with E-state index < -0.39 is 0 Å². The van der Waals surface area contributed by atoms with Gasteiger partial charge in [0.2, 0.25) is 5.91 Å². The van der Waals surface area contributed by atoms with Crippen molar-refractivity contribution in [3.63, 3.8) is 0 Å². The lowest BCUT2D eigenvalue weighted by Gasteiger charge is -2.32. The van der Waals surface area contributed by atoms with Crippen LogP contribution in [-0.4, -0.2) is 43.2 Å². The molecule has 0 aromatic carbocycles. The van der Waals surface area contributed by atoms with Crippen molar-refractivity contribution in [3.05, 3.63) is 0 Å². The highest BCUT2D eigenvalue weighted by Gasteiger charge is 2.54. The van der Waals surface area contributed by atoms with Gasteiger partial charge in [-0.2, -0.15) is 0 Å². The van der Waals surface area contributed by atoms with Crippen LogP contribution >= 0.6 is 0 Å². The lowest BCUT2D eigenvalue weighted by Crippen LogP contribution is -2.42. The molecule has 0 bridgehead atoms. The zero-order chi connectivity index (χ0) is 13.9. The van der Waals surface area contributed by atoms with Gasteiger partial charge < -0.3 is 15.4 Å². The van der Waals surface area contributed by atoms with Crippen LogP contribution in [0.15, 0.2) is 0 Å². The maximum absolute atomic E-state index is 12.4. The van der Waals surface area contributed by atoms with Crippen molar-refractivity contribution < 1.29 is 9.53 Å². The molecule has 19 heavy (non-hydrogen) atoms. The highest BCUT2D eigenvalue weighted by Crippen LogP contribution is 2.55. The number of rotatable bonds is 6. The third kappa shape index (κ3) is 3.48. The summed E-state index contributed by atoms with van der Waals surface area (Å²) in [4.78, 5) is 14.4. The predicted octanol–water partition coefficient (Wildman–Crippen LogP) is 1.78. The summed E-state index contributed by atoms with van der Waals surface area (Å²) in [6, 6.07) is 0. The average molecular weight is 268 g/mol. The number of piperidine rings is 1. The molecule has 1 saturated heterocycles. The summed E-state index contributed by atoms with van der Waals surface area (Å²) in [5, 5.41) is 0. The molecule has 110 valence electrons. The molecule has 2 atom stereocenters. The molecule has 4 nitrogen and oxygen atoms in total. The third-order valence-electron chi connectivity index (χ3n) is 4.91. The lowest BCUT2D eigenvalue weighted by molar-refractivity contribution is -0.136. The second-order valence-electron chi connectivity index (χ2n) is 6.30. The molecule has 1 amide bonds. The molecular weight excluding hydrogens is 240 g/mol. The molecule has 0 aromatic heterocycles. The van der Waals surface area contributed by atoms with E-state index in [1.54, 1.807) is 0 Å². The standard InChI is InChI=1S/C15H28N2O2/c1-3-15(2)11-13(15)14(18)17-8-5-12(6-9-17)19-10-4-7-16/h12-13H,3-11,16H2,1-2H3/t13-,15-/m0/s1. The molecular formula is C15H28N2O2. The van der Waals surface area contributed by atoms with Crippen molar-refractivity contribution in [1.29, 1.82) is 0 Å². The molecule has 0 radical (unpaired) electrons. The van der Waals surface area contributed by atoms with Gasteiger partial charge in [0.15, 0.2) is 0 Å². The van der Waals surface area contributed by atoms with Gasteiger partial charge in [-0.05, 0) is 44.1 Å². The fraction of sp³-hybridized carbons (Fsp3) is 0.933. The summed E-state index contributed by atoms with van der Waals surface area (Å²) >= 11 is 0. The van der Waals surface area contributed by atoms with Crippen LogP contribution in [0.25, 0.3) is 0 Å². The van der Waals surface area contributed by atoms with E-state index in [-0.39, 0.29) is 11.3 Å². The number of carbonyl (C=O) groups is 1. The maximum Gasteiger partial charge on any atom is 0.226 e. The second-order valence-corrected chi connectivity index (χ2v) is 6.30. The Hall–Kier alpha value is -0.610. The predicted molar refractivity (Wildman–Crippen MR) is 75.7 cm³/mol. The Bertz CT molecular complexity index is 313. The normalized spacial score (nSPS) is 31.5. The molecule has 1 aliphatic carbocycles. The number of ether oxygens (including phenoxy) is 1. The van der Waals surface area contributed by atoms with E-state index in [0.717, 1.165) is 51.8 Å². The van der Waals surface area contributed by atoms with Crippen LogP contribution in [0, 0.1) is 11.3 Å². The van der Waals surface area contributed by atoms with Crippen molar-refractivity contribution in [2.75, 3.05) is 26.2 Å². The Balaban J connectivity index is 1.70. The van der Waals surface area contributed by atoms with Crippen LogP contribution in [0.1, 0.15) is 46.0 Å². The molecule has 1 saturated carbocycles. The van der Waals surface area contributed by atoms with E-state index in [4.69, 9.17) is 10.5 Å². The monoisotopic (exact) mass is 268 g/mol. The van der Waals surface area contributed by atoms with Gasteiger partial charge in [-0.1, -0.05) is 13.8 Å². The van der Waals surface area contributed by atoms with E-state index in [9.17, 15) is 4.79 Å². The highest BCUT2D eigenvalue weighted by atomic mass is 16.5. The van der Waals surface area contributed by atoms with E-state index in [2.05, 4.69) is 13.8 Å². The molecule has 1 heterocycles. The van der Waals surface area contributed by atoms with Gasteiger partial charge in [0.1, 0.15) is 0 Å². The van der Waals surface area contributed by atoms with Crippen LogP contribution in [0.4, 0.5) is 0 Å². The minimum atomic E-state index is 0.283. The number of hydrogen-bond donors (Lipinski definition) is 1. The van der Waals surface area contributed by atoms with Gasteiger partial charge in [-0.3, -0.25) is 4.79 Å². The van der Waals surface area contributed by atoms with Gasteiger partial charge in [-0.25, -0.2) is 0 Å². The van der Waals surface area contributed by atoms with E-state index in [1.807, 2.05) is 4.90 Å². The van der Waals surface area contributed by atoms with Crippen molar-refractivity contribution in [2.24, 2.45) is 17.1 Å². The van der Waals surface area contributed by atoms with E-state index >= 15 is 0 Å². The summed E-state index contributed by atoms with van der Waals surface area (Å²) in [6.45, 7) is 7.59. The maximum atomic E-state index is 12.4. The summed E-state index contributed by atoms with van der Waals surface area (Å²) < 4.78 is 5.77. The Kier molecular flexibility index (Phi) is 4.85. The van der Waals surface area contributed by atoms with Crippen molar-refractivity contribution >= 4 is 5.91 Å². The lowest BCUT2D eigenvalue weighted by atomic mass is 10.0. The highest BCUT2D eigenvalue weighted by molar-refractivity contribution is 5.82. The number of hydrogen-bond acceptors (Lipinski definition) is 3.